The molecule has 77 heavy (non-hydrogen) atoms. The Bertz CT molecular complexity index is 1300. The fourth-order valence-corrected chi connectivity index (χ4v) is 11.3. The first-order valence-electron chi connectivity index (χ1n) is 34.2. The average Bonchev–Trinajstić information content (AvgIpc) is 3.39. The Balaban J connectivity index is 4.01. The second-order valence-corrected chi connectivity index (χ2v) is 26.4. The van der Waals surface area contributed by atoms with Crippen LogP contribution in [-0.2, 0) is 18.4 Å². The van der Waals surface area contributed by atoms with Crippen molar-refractivity contribution in [3.8, 4) is 0 Å². The van der Waals surface area contributed by atoms with Crippen molar-refractivity contribution in [3.63, 3.8) is 0 Å². The molecule has 0 fully saturated rings. The minimum atomic E-state index is -4.33. The lowest BCUT2D eigenvalue weighted by molar-refractivity contribution is -0.870. The van der Waals surface area contributed by atoms with Gasteiger partial charge in [0.1, 0.15) is 13.2 Å². The van der Waals surface area contributed by atoms with Crippen LogP contribution in [0.1, 0.15) is 354 Å². The summed E-state index contributed by atoms with van der Waals surface area (Å²) in [7, 11) is 1.64. The zero-order valence-corrected chi connectivity index (χ0v) is 53.4. The van der Waals surface area contributed by atoms with Crippen molar-refractivity contribution in [3.05, 3.63) is 24.3 Å². The molecule has 3 atom stereocenters. The Morgan fingerprint density at radius 1 is 0.442 bits per heavy atom. The van der Waals surface area contributed by atoms with E-state index >= 15 is 0 Å². The van der Waals surface area contributed by atoms with Gasteiger partial charge in [0.25, 0.3) is 0 Å². The number of phosphoric ester groups is 1. The van der Waals surface area contributed by atoms with Gasteiger partial charge < -0.3 is 19.8 Å². The third-order valence-electron chi connectivity index (χ3n) is 16.0. The number of aliphatic hydroxyl groups excluding tert-OH is 1. The molecule has 0 heterocycles. The van der Waals surface area contributed by atoms with Crippen molar-refractivity contribution in [1.82, 2.24) is 5.32 Å². The Labute approximate surface area is 481 Å². The molecular formula is C68H136N2O6P+. The van der Waals surface area contributed by atoms with Gasteiger partial charge in [-0.1, -0.05) is 327 Å². The highest BCUT2D eigenvalue weighted by Crippen LogP contribution is 2.43. The summed E-state index contributed by atoms with van der Waals surface area (Å²) < 4.78 is 23.9. The first-order chi connectivity index (χ1) is 37.5. The minimum absolute atomic E-state index is 0.0775. The number of rotatable bonds is 64. The fourth-order valence-electron chi connectivity index (χ4n) is 10.6. The number of quaternary nitrogens is 1. The maximum atomic E-state index is 13.1. The number of amides is 1. The van der Waals surface area contributed by atoms with E-state index < -0.39 is 20.0 Å². The highest BCUT2D eigenvalue weighted by Gasteiger charge is 2.28. The normalized spacial score (nSPS) is 13.8. The van der Waals surface area contributed by atoms with E-state index in [2.05, 4.69) is 43.5 Å². The molecule has 1 amide bonds. The van der Waals surface area contributed by atoms with E-state index in [0.717, 1.165) is 44.9 Å². The molecule has 8 nitrogen and oxygen atoms in total. The Hall–Kier alpha value is -1.02. The summed E-state index contributed by atoms with van der Waals surface area (Å²) in [6, 6.07) is -0.759. The topological polar surface area (TPSA) is 105 Å². The first-order valence-corrected chi connectivity index (χ1v) is 35.7. The molecule has 0 bridgehead atoms. The van der Waals surface area contributed by atoms with Crippen molar-refractivity contribution in [2.24, 2.45) is 0 Å². The van der Waals surface area contributed by atoms with E-state index in [1.165, 1.54) is 283 Å². The summed E-state index contributed by atoms with van der Waals surface area (Å²) in [5.74, 6) is -0.136. The van der Waals surface area contributed by atoms with E-state index in [-0.39, 0.29) is 19.1 Å². The van der Waals surface area contributed by atoms with Crippen LogP contribution < -0.4 is 5.32 Å². The van der Waals surface area contributed by atoms with E-state index in [9.17, 15) is 19.4 Å². The summed E-state index contributed by atoms with van der Waals surface area (Å²) in [6.45, 7) is 4.94. The number of unbranched alkanes of at least 4 members (excludes halogenated alkanes) is 47. The van der Waals surface area contributed by atoms with E-state index in [0.29, 0.717) is 23.9 Å². The van der Waals surface area contributed by atoms with Gasteiger partial charge in [0.05, 0.1) is 39.9 Å². The molecule has 0 aromatic rings. The Morgan fingerprint density at radius 2 is 0.740 bits per heavy atom. The maximum absolute atomic E-state index is 13.1. The number of likely N-dealkylation sites (N-methyl/N-ethyl adjacent to an activating group) is 1. The molecule has 0 aromatic carbocycles. The van der Waals surface area contributed by atoms with Gasteiger partial charge >= 0.3 is 7.82 Å². The first kappa shape index (κ1) is 76.0. The summed E-state index contributed by atoms with van der Waals surface area (Å²) in [4.78, 5) is 23.4. The van der Waals surface area contributed by atoms with Gasteiger partial charge in [-0.15, -0.1) is 0 Å². The maximum Gasteiger partial charge on any atom is 0.472 e. The van der Waals surface area contributed by atoms with Gasteiger partial charge in [-0.3, -0.25) is 13.8 Å². The number of aliphatic hydroxyl groups is 1. The Morgan fingerprint density at radius 3 is 1.06 bits per heavy atom. The number of carbonyl (C=O) groups excluding carboxylic acids is 1. The van der Waals surface area contributed by atoms with Crippen LogP contribution in [0.5, 0.6) is 0 Å². The molecule has 0 saturated carbocycles. The molecule has 0 spiro atoms. The van der Waals surface area contributed by atoms with Gasteiger partial charge in [-0.25, -0.2) is 4.57 Å². The molecule has 3 N–H and O–H groups in total. The molecule has 458 valence electrons. The highest BCUT2D eigenvalue weighted by atomic mass is 31.2. The van der Waals surface area contributed by atoms with E-state index in [1.807, 2.05) is 21.1 Å². The number of carbonyl (C=O) groups is 1. The van der Waals surface area contributed by atoms with Crippen LogP contribution in [0.3, 0.4) is 0 Å². The lowest BCUT2D eigenvalue weighted by atomic mass is 10.0. The molecular weight excluding hydrogens is 972 g/mol. The van der Waals surface area contributed by atoms with Crippen LogP contribution in [0.25, 0.3) is 0 Å². The van der Waals surface area contributed by atoms with Gasteiger partial charge in [0, 0.05) is 6.42 Å². The molecule has 9 heteroatoms. The predicted octanol–water partition coefficient (Wildman–Crippen LogP) is 21.5. The van der Waals surface area contributed by atoms with Crippen molar-refractivity contribution < 1.29 is 32.9 Å². The second kappa shape index (κ2) is 59.6. The third-order valence-corrected chi connectivity index (χ3v) is 16.9. The molecule has 0 radical (unpaired) electrons. The molecule has 0 aromatic heterocycles. The number of nitrogens with one attached hydrogen (secondary N) is 1. The molecule has 0 aliphatic rings. The molecule has 3 unspecified atom stereocenters. The summed E-state index contributed by atoms with van der Waals surface area (Å²) >= 11 is 0. The average molecular weight is 1110 g/mol. The number of nitrogens with zero attached hydrogens (tertiary/aromatic N) is 1. The SMILES string of the molecule is CCCCCCC/C=C\C/C=C\CCCCCCCCCCCCCCCCCCCCCC(=O)NC(COP(=O)(O)OCC[N+](C)(C)C)C(O)CCCCCCCCCCCCCCCCCCCCCCCCCC. The number of hydrogen-bond acceptors (Lipinski definition) is 5. The number of phosphoric acid groups is 1. The van der Waals surface area contributed by atoms with Crippen molar-refractivity contribution in [1.29, 1.82) is 0 Å². The highest BCUT2D eigenvalue weighted by molar-refractivity contribution is 7.47. The van der Waals surface area contributed by atoms with Crippen molar-refractivity contribution in [2.75, 3.05) is 40.9 Å². The largest absolute Gasteiger partial charge is 0.472 e. The quantitative estimate of drug-likeness (QED) is 0.0243. The Kier molecular flexibility index (Phi) is 58.8. The van der Waals surface area contributed by atoms with Gasteiger partial charge in [-0.05, 0) is 44.9 Å². The lowest BCUT2D eigenvalue weighted by Crippen LogP contribution is -2.46. The molecule has 0 aliphatic heterocycles. The number of hydrogen-bond donors (Lipinski definition) is 3. The zero-order valence-electron chi connectivity index (χ0n) is 52.5. The number of allylic oxidation sites excluding steroid dienone is 4. The zero-order chi connectivity index (χ0) is 56.3. The van der Waals surface area contributed by atoms with Crippen molar-refractivity contribution >= 4 is 13.7 Å². The van der Waals surface area contributed by atoms with Crippen LogP contribution in [0.2, 0.25) is 0 Å². The summed E-state index contributed by atoms with van der Waals surface area (Å²) in [5.41, 5.74) is 0. The molecule has 0 rings (SSSR count). The minimum Gasteiger partial charge on any atom is -0.391 e. The predicted molar refractivity (Wildman–Crippen MR) is 337 cm³/mol. The van der Waals surface area contributed by atoms with E-state index in [1.54, 1.807) is 0 Å². The smallest absolute Gasteiger partial charge is 0.391 e. The van der Waals surface area contributed by atoms with E-state index in [4.69, 9.17) is 9.05 Å². The summed E-state index contributed by atoms with van der Waals surface area (Å²) in [6.07, 6.45) is 77.0. The van der Waals surface area contributed by atoms with Crippen LogP contribution in [-0.4, -0.2) is 73.4 Å². The molecule has 0 saturated heterocycles. The molecule has 0 aliphatic carbocycles. The second-order valence-electron chi connectivity index (χ2n) is 24.9. The van der Waals surface area contributed by atoms with Crippen LogP contribution >= 0.6 is 7.82 Å². The monoisotopic (exact) mass is 1110 g/mol. The summed E-state index contributed by atoms with van der Waals surface area (Å²) in [5, 5.41) is 14.1. The third kappa shape index (κ3) is 62.4. The standard InChI is InChI=1S/C68H135N2O6P/c1-6-8-10-12-14-16-18-20-22-24-26-28-30-32-33-34-35-36-37-38-40-42-44-46-48-50-52-54-56-58-60-62-68(72)69-66(65-76-77(73,74)75-64-63-70(3,4)5)67(71)61-59-57-55-53-51-49-47-45-43-41-39-31-29-27-25-23-21-19-17-15-13-11-9-7-2/h18,20,24,26,66-67,71H,6-17,19,21-23,25,27-65H2,1-5H3,(H-,69,72,73,74)/p+1/b20-18-,26-24-. The van der Waals surface area contributed by atoms with Crippen molar-refractivity contribution in [2.45, 2.75) is 366 Å². The van der Waals surface area contributed by atoms with Gasteiger partial charge in [-0.2, -0.15) is 0 Å². The van der Waals surface area contributed by atoms with Crippen LogP contribution in [0, 0.1) is 0 Å². The fraction of sp³-hybridized carbons (Fsp3) is 0.926. The lowest BCUT2D eigenvalue weighted by Gasteiger charge is -2.26. The van der Waals surface area contributed by atoms with Gasteiger partial charge in [0.2, 0.25) is 5.91 Å². The van der Waals surface area contributed by atoms with Crippen LogP contribution in [0.4, 0.5) is 0 Å². The van der Waals surface area contributed by atoms with Gasteiger partial charge in [0.15, 0.2) is 0 Å². The van der Waals surface area contributed by atoms with Crippen LogP contribution in [0.15, 0.2) is 24.3 Å².